The monoisotopic (exact) mass is 354 g/mol. The van der Waals surface area contributed by atoms with Gasteiger partial charge in [-0.05, 0) is 19.3 Å². The summed E-state index contributed by atoms with van der Waals surface area (Å²) in [6.07, 6.45) is 8.44. The first-order valence-corrected chi connectivity index (χ1v) is 9.81. The van der Waals surface area contributed by atoms with E-state index in [9.17, 15) is 4.79 Å². The molecule has 0 atom stereocenters. The highest BCUT2D eigenvalue weighted by Gasteiger charge is 2.30. The van der Waals surface area contributed by atoms with Crippen LogP contribution in [0.15, 0.2) is 12.5 Å². The minimum Gasteiger partial charge on any atom is -0.355 e. The Bertz CT molecular complexity index is 805. The molecule has 0 unspecified atom stereocenters. The summed E-state index contributed by atoms with van der Waals surface area (Å²) in [5, 5.41) is 0. The molecule has 7 heteroatoms. The van der Waals surface area contributed by atoms with Crippen LogP contribution in [0.5, 0.6) is 0 Å². The Balaban J connectivity index is 1.19. The number of aromatic nitrogens is 3. The van der Waals surface area contributed by atoms with E-state index >= 15 is 0 Å². The molecule has 0 radical (unpaired) electrons. The summed E-state index contributed by atoms with van der Waals surface area (Å²) in [6.45, 7) is 6.08. The molecule has 7 nitrogen and oxygen atoms in total. The molecule has 138 valence electrons. The van der Waals surface area contributed by atoms with E-state index < -0.39 is 0 Å². The Labute approximate surface area is 153 Å². The third-order valence-corrected chi connectivity index (χ3v) is 6.32. The van der Waals surface area contributed by atoms with Crippen molar-refractivity contribution >= 4 is 16.9 Å². The average molecular weight is 354 g/mol. The van der Waals surface area contributed by atoms with Gasteiger partial charge >= 0.3 is 0 Å². The standard InChI is InChI=1S/C19H26N6O/c26-18(25-8-6-24(7-9-25)14-2-1-3-14)12-23-5-4-15-17(11-23)22-16-10-20-13-21-19(15)16/h10,13-14,22H,1-9,11-12H2. The second-order valence-corrected chi connectivity index (χ2v) is 7.83. The van der Waals surface area contributed by atoms with E-state index in [2.05, 4.69) is 29.7 Å². The maximum Gasteiger partial charge on any atom is 0.236 e. The number of amides is 1. The third-order valence-electron chi connectivity index (χ3n) is 6.32. The van der Waals surface area contributed by atoms with Gasteiger partial charge in [-0.3, -0.25) is 14.6 Å². The highest BCUT2D eigenvalue weighted by molar-refractivity contribution is 5.80. The van der Waals surface area contributed by atoms with Crippen LogP contribution in [-0.4, -0.2) is 80.9 Å². The molecule has 26 heavy (non-hydrogen) atoms. The van der Waals surface area contributed by atoms with Crippen LogP contribution in [0.25, 0.3) is 11.0 Å². The predicted molar refractivity (Wildman–Crippen MR) is 98.7 cm³/mol. The average Bonchev–Trinajstić information content (AvgIpc) is 2.98. The van der Waals surface area contributed by atoms with E-state index in [0.717, 1.165) is 62.8 Å². The largest absolute Gasteiger partial charge is 0.355 e. The molecule has 1 N–H and O–H groups in total. The van der Waals surface area contributed by atoms with E-state index in [1.54, 1.807) is 6.33 Å². The number of nitrogens with one attached hydrogen (secondary N) is 1. The summed E-state index contributed by atoms with van der Waals surface area (Å²) in [6, 6.07) is 0.790. The molecule has 0 bridgehead atoms. The fraction of sp³-hybridized carbons (Fsp3) is 0.632. The predicted octanol–water partition coefficient (Wildman–Crippen LogP) is 1.01. The van der Waals surface area contributed by atoms with E-state index in [4.69, 9.17) is 0 Å². The van der Waals surface area contributed by atoms with E-state index in [1.807, 2.05) is 6.20 Å². The van der Waals surface area contributed by atoms with Gasteiger partial charge in [0.05, 0.1) is 23.8 Å². The van der Waals surface area contributed by atoms with Crippen molar-refractivity contribution in [3.05, 3.63) is 23.8 Å². The van der Waals surface area contributed by atoms with Crippen molar-refractivity contribution in [2.24, 2.45) is 0 Å². The third kappa shape index (κ3) is 2.89. The van der Waals surface area contributed by atoms with Crippen molar-refractivity contribution in [1.82, 2.24) is 29.7 Å². The summed E-state index contributed by atoms with van der Waals surface area (Å²) in [4.78, 5) is 31.6. The van der Waals surface area contributed by atoms with Crippen LogP contribution in [-0.2, 0) is 17.8 Å². The molecule has 2 aliphatic heterocycles. The van der Waals surface area contributed by atoms with Crippen LogP contribution >= 0.6 is 0 Å². The number of hydrogen-bond acceptors (Lipinski definition) is 5. The summed E-state index contributed by atoms with van der Waals surface area (Å²) in [7, 11) is 0. The minimum absolute atomic E-state index is 0.276. The van der Waals surface area contributed by atoms with Gasteiger partial charge in [0.2, 0.25) is 5.91 Å². The Kier molecular flexibility index (Phi) is 4.13. The van der Waals surface area contributed by atoms with E-state index in [0.29, 0.717) is 6.54 Å². The molecule has 0 spiro atoms. The zero-order valence-corrected chi connectivity index (χ0v) is 15.2. The van der Waals surface area contributed by atoms with Gasteiger partial charge in [-0.2, -0.15) is 0 Å². The number of H-pyrrole nitrogens is 1. The topological polar surface area (TPSA) is 68.4 Å². The highest BCUT2D eigenvalue weighted by Crippen LogP contribution is 2.27. The fourth-order valence-corrected chi connectivity index (χ4v) is 4.53. The second-order valence-electron chi connectivity index (χ2n) is 7.83. The number of carbonyl (C=O) groups excluding carboxylic acids is 1. The van der Waals surface area contributed by atoms with Gasteiger partial charge in [0.25, 0.3) is 0 Å². The number of piperazine rings is 1. The Hall–Kier alpha value is -1.99. The molecule has 1 saturated carbocycles. The van der Waals surface area contributed by atoms with Crippen molar-refractivity contribution in [1.29, 1.82) is 0 Å². The van der Waals surface area contributed by atoms with E-state index in [-0.39, 0.29) is 5.91 Å². The van der Waals surface area contributed by atoms with Gasteiger partial charge in [-0.25, -0.2) is 9.97 Å². The number of hydrogen-bond donors (Lipinski definition) is 1. The molecule has 1 saturated heterocycles. The van der Waals surface area contributed by atoms with Gasteiger partial charge in [0.1, 0.15) is 6.33 Å². The first kappa shape index (κ1) is 16.2. The molecule has 4 heterocycles. The molecule has 0 aromatic carbocycles. The summed E-state index contributed by atoms with van der Waals surface area (Å²) >= 11 is 0. The van der Waals surface area contributed by atoms with Crippen LogP contribution in [0.2, 0.25) is 0 Å². The zero-order chi connectivity index (χ0) is 17.5. The van der Waals surface area contributed by atoms with Crippen LogP contribution in [0.4, 0.5) is 0 Å². The van der Waals surface area contributed by atoms with Crippen LogP contribution in [0.3, 0.4) is 0 Å². The summed E-state index contributed by atoms with van der Waals surface area (Å²) < 4.78 is 0. The van der Waals surface area contributed by atoms with Gasteiger partial charge in [0, 0.05) is 56.6 Å². The summed E-state index contributed by atoms with van der Waals surface area (Å²) in [5.41, 5.74) is 4.51. The molecular formula is C19H26N6O. The first-order valence-electron chi connectivity index (χ1n) is 9.81. The lowest BCUT2D eigenvalue weighted by atomic mass is 9.91. The molecule has 3 aliphatic rings. The Morgan fingerprint density at radius 2 is 2.04 bits per heavy atom. The molecule has 1 aliphatic carbocycles. The molecule has 1 amide bonds. The lowest BCUT2D eigenvalue weighted by Gasteiger charge is -2.43. The number of carbonyl (C=O) groups is 1. The highest BCUT2D eigenvalue weighted by atomic mass is 16.2. The quantitative estimate of drug-likeness (QED) is 0.891. The van der Waals surface area contributed by atoms with Crippen molar-refractivity contribution in [3.63, 3.8) is 0 Å². The van der Waals surface area contributed by atoms with Gasteiger partial charge < -0.3 is 9.88 Å². The molecular weight excluding hydrogens is 328 g/mol. The fourth-order valence-electron chi connectivity index (χ4n) is 4.53. The van der Waals surface area contributed by atoms with Gasteiger partial charge in [0.15, 0.2) is 0 Å². The first-order chi connectivity index (χ1) is 12.8. The lowest BCUT2D eigenvalue weighted by molar-refractivity contribution is -0.135. The number of rotatable bonds is 3. The van der Waals surface area contributed by atoms with E-state index in [1.165, 1.54) is 30.5 Å². The van der Waals surface area contributed by atoms with Crippen LogP contribution in [0, 0.1) is 0 Å². The Morgan fingerprint density at radius 3 is 2.81 bits per heavy atom. The smallest absolute Gasteiger partial charge is 0.236 e. The van der Waals surface area contributed by atoms with Crippen molar-refractivity contribution in [2.45, 2.75) is 38.3 Å². The normalized spacial score (nSPS) is 22.4. The van der Waals surface area contributed by atoms with Crippen LogP contribution in [0.1, 0.15) is 30.5 Å². The Morgan fingerprint density at radius 1 is 1.19 bits per heavy atom. The van der Waals surface area contributed by atoms with Crippen LogP contribution < -0.4 is 0 Å². The minimum atomic E-state index is 0.276. The van der Waals surface area contributed by atoms with Crippen molar-refractivity contribution in [3.8, 4) is 0 Å². The summed E-state index contributed by atoms with van der Waals surface area (Å²) in [5.74, 6) is 0.276. The molecule has 2 aromatic heterocycles. The zero-order valence-electron chi connectivity index (χ0n) is 15.2. The molecule has 2 fully saturated rings. The van der Waals surface area contributed by atoms with Gasteiger partial charge in [-0.15, -0.1) is 0 Å². The van der Waals surface area contributed by atoms with Crippen molar-refractivity contribution < 1.29 is 4.79 Å². The number of fused-ring (bicyclic) bond motifs is 3. The number of nitrogens with zero attached hydrogens (tertiary/aromatic N) is 5. The SMILES string of the molecule is O=C(CN1CCc2c([nH]c3cncnc23)C1)N1CCN(C2CCC2)CC1. The maximum absolute atomic E-state index is 12.7. The van der Waals surface area contributed by atoms with Crippen molar-refractivity contribution in [2.75, 3.05) is 39.3 Å². The lowest BCUT2D eigenvalue weighted by Crippen LogP contribution is -2.55. The maximum atomic E-state index is 12.7. The molecule has 5 rings (SSSR count). The second kappa shape index (κ2) is 6.63. The molecule has 2 aromatic rings. The number of aromatic amines is 1. The van der Waals surface area contributed by atoms with Gasteiger partial charge in [-0.1, -0.05) is 6.42 Å².